The monoisotopic (exact) mass is 200 g/mol. The van der Waals surface area contributed by atoms with E-state index >= 15 is 0 Å². The van der Waals surface area contributed by atoms with Gasteiger partial charge in [0, 0.05) is 24.6 Å². The van der Waals surface area contributed by atoms with E-state index in [-0.39, 0.29) is 17.9 Å². The van der Waals surface area contributed by atoms with Crippen LogP contribution in [-0.2, 0) is 14.4 Å². The van der Waals surface area contributed by atoms with Crippen molar-refractivity contribution in [2.75, 3.05) is 0 Å². The first-order valence-corrected chi connectivity index (χ1v) is 3.86. The maximum atomic E-state index is 10.7. The molecule has 0 aromatic heterocycles. The van der Waals surface area contributed by atoms with Crippen molar-refractivity contribution in [2.24, 2.45) is 5.73 Å². The molecule has 0 radical (unpaired) electrons. The molecule has 1 atom stereocenters. The van der Waals surface area contributed by atoms with Crippen molar-refractivity contribution in [1.82, 2.24) is 5.32 Å². The van der Waals surface area contributed by atoms with E-state index in [4.69, 9.17) is 15.6 Å². The van der Waals surface area contributed by atoms with E-state index in [2.05, 4.69) is 5.32 Å². The number of aliphatic carboxylic acids is 1. The lowest BCUT2D eigenvalue weighted by molar-refractivity contribution is -0.134. The first-order valence-electron chi connectivity index (χ1n) is 3.86. The number of carboxylic acid groups (broad SMARTS) is 1. The van der Waals surface area contributed by atoms with E-state index in [9.17, 15) is 9.59 Å². The summed E-state index contributed by atoms with van der Waals surface area (Å²) in [6, 6.07) is -0.369. The summed E-state index contributed by atoms with van der Waals surface area (Å²) < 4.78 is 0. The van der Waals surface area contributed by atoms with Crippen LogP contribution in [0.15, 0.2) is 11.6 Å². The summed E-state index contributed by atoms with van der Waals surface area (Å²) in [5, 5.41) is 9.51. The molecule has 2 amide bonds. The number of carbonyl (C=O) groups is 3. The Hall–Kier alpha value is -1.69. The van der Waals surface area contributed by atoms with Gasteiger partial charge >= 0.3 is 0 Å². The van der Waals surface area contributed by atoms with Gasteiger partial charge in [0.05, 0.1) is 0 Å². The highest BCUT2D eigenvalue weighted by molar-refractivity contribution is 6.16. The van der Waals surface area contributed by atoms with E-state index in [1.54, 1.807) is 6.92 Å². The molecule has 1 heterocycles. The van der Waals surface area contributed by atoms with E-state index < -0.39 is 5.97 Å². The number of imide groups is 1. The molecule has 1 aliphatic heterocycles. The molecule has 0 aromatic carbocycles. The Morgan fingerprint density at radius 1 is 1.57 bits per heavy atom. The molecule has 0 spiro atoms. The molecule has 0 saturated carbocycles. The van der Waals surface area contributed by atoms with Crippen molar-refractivity contribution in [3.05, 3.63) is 11.6 Å². The Bertz CT molecular complexity index is 290. The van der Waals surface area contributed by atoms with Crippen molar-refractivity contribution in [2.45, 2.75) is 19.9 Å². The number of rotatable bonds is 1. The third kappa shape index (κ3) is 4.36. The number of amides is 2. The molecule has 0 aliphatic carbocycles. The largest absolute Gasteiger partial charge is 0.481 e. The third-order valence-corrected chi connectivity index (χ3v) is 1.28. The molecular weight excluding hydrogens is 188 g/mol. The SMILES string of the molecule is CC(=O)O.CC(N)C1=CC(=O)NC1=O. The highest BCUT2D eigenvalue weighted by Gasteiger charge is 2.22. The van der Waals surface area contributed by atoms with Gasteiger partial charge in [0.2, 0.25) is 0 Å². The van der Waals surface area contributed by atoms with E-state index in [1.807, 2.05) is 0 Å². The lowest BCUT2D eigenvalue weighted by Crippen LogP contribution is -2.28. The van der Waals surface area contributed by atoms with Crippen LogP contribution in [0.5, 0.6) is 0 Å². The first kappa shape index (κ1) is 12.3. The molecule has 1 unspecified atom stereocenters. The Kier molecular flexibility index (Phi) is 4.51. The zero-order valence-corrected chi connectivity index (χ0v) is 7.90. The average molecular weight is 200 g/mol. The standard InChI is InChI=1S/C6H8N2O2.C2H4O2/c1-3(7)4-2-5(9)8-6(4)10;1-2(3)4/h2-3H,7H2,1H3,(H,8,9,10);1H3,(H,3,4). The number of hydrogen-bond acceptors (Lipinski definition) is 4. The van der Waals surface area contributed by atoms with E-state index in [1.165, 1.54) is 6.08 Å². The van der Waals surface area contributed by atoms with Gasteiger partial charge in [-0.1, -0.05) is 0 Å². The Morgan fingerprint density at radius 3 is 2.14 bits per heavy atom. The maximum absolute atomic E-state index is 10.7. The van der Waals surface area contributed by atoms with Crippen molar-refractivity contribution < 1.29 is 19.5 Å². The Morgan fingerprint density at radius 2 is 2.00 bits per heavy atom. The van der Waals surface area contributed by atoms with Crippen LogP contribution >= 0.6 is 0 Å². The second kappa shape index (κ2) is 5.13. The minimum Gasteiger partial charge on any atom is -0.481 e. The molecule has 0 fully saturated rings. The van der Waals surface area contributed by atoms with Crippen molar-refractivity contribution in [3.8, 4) is 0 Å². The van der Waals surface area contributed by atoms with Gasteiger partial charge in [-0.25, -0.2) is 0 Å². The highest BCUT2D eigenvalue weighted by atomic mass is 16.4. The fourth-order valence-corrected chi connectivity index (χ4v) is 0.765. The van der Waals surface area contributed by atoms with Crippen LogP contribution in [0.1, 0.15) is 13.8 Å². The first-order chi connectivity index (χ1) is 6.34. The number of nitrogens with one attached hydrogen (secondary N) is 1. The molecule has 4 N–H and O–H groups in total. The van der Waals surface area contributed by atoms with Gasteiger partial charge in [-0.2, -0.15) is 0 Å². The zero-order chi connectivity index (χ0) is 11.3. The second-order valence-electron chi connectivity index (χ2n) is 2.73. The molecule has 14 heavy (non-hydrogen) atoms. The predicted octanol–water partition coefficient (Wildman–Crippen LogP) is -0.993. The topological polar surface area (TPSA) is 109 Å². The molecule has 6 heteroatoms. The van der Waals surface area contributed by atoms with Gasteiger partial charge in [-0.15, -0.1) is 0 Å². The quantitative estimate of drug-likeness (QED) is 0.471. The third-order valence-electron chi connectivity index (χ3n) is 1.28. The number of carbonyl (C=O) groups excluding carboxylic acids is 2. The lowest BCUT2D eigenvalue weighted by atomic mass is 10.1. The molecule has 78 valence electrons. The van der Waals surface area contributed by atoms with Gasteiger partial charge in [0.15, 0.2) is 0 Å². The van der Waals surface area contributed by atoms with Crippen molar-refractivity contribution in [1.29, 1.82) is 0 Å². The summed E-state index contributed by atoms with van der Waals surface area (Å²) >= 11 is 0. The summed E-state index contributed by atoms with van der Waals surface area (Å²) in [6.45, 7) is 2.74. The normalized spacial score (nSPS) is 16.4. The lowest BCUT2D eigenvalue weighted by Gasteiger charge is -2.00. The van der Waals surface area contributed by atoms with Gasteiger partial charge in [-0.3, -0.25) is 19.7 Å². The predicted molar refractivity (Wildman–Crippen MR) is 48.2 cm³/mol. The van der Waals surface area contributed by atoms with E-state index in [0.717, 1.165) is 6.92 Å². The highest BCUT2D eigenvalue weighted by Crippen LogP contribution is 2.04. The number of carboxylic acids is 1. The summed E-state index contributed by atoms with van der Waals surface area (Å²) in [6.07, 6.45) is 1.23. The molecule has 0 aromatic rings. The van der Waals surface area contributed by atoms with Gasteiger partial charge < -0.3 is 10.8 Å². The molecule has 1 rings (SSSR count). The molecule has 0 saturated heterocycles. The average Bonchev–Trinajstić information content (AvgIpc) is 2.28. The summed E-state index contributed by atoms with van der Waals surface area (Å²) in [4.78, 5) is 30.3. The molecule has 6 nitrogen and oxygen atoms in total. The van der Waals surface area contributed by atoms with E-state index in [0.29, 0.717) is 5.57 Å². The summed E-state index contributed by atoms with van der Waals surface area (Å²) in [5.74, 6) is -1.59. The molecule has 1 aliphatic rings. The Balaban J connectivity index is 0.000000364. The minimum atomic E-state index is -0.833. The van der Waals surface area contributed by atoms with Gasteiger partial charge in [-0.05, 0) is 6.92 Å². The summed E-state index contributed by atoms with van der Waals surface area (Å²) in [5.41, 5.74) is 5.72. The maximum Gasteiger partial charge on any atom is 0.300 e. The number of nitrogens with two attached hydrogens (primary N) is 1. The van der Waals surface area contributed by atoms with Crippen LogP contribution in [-0.4, -0.2) is 28.9 Å². The molecular formula is C8H12N2O4. The minimum absolute atomic E-state index is 0.352. The molecule has 0 bridgehead atoms. The van der Waals surface area contributed by atoms with Gasteiger partial charge in [0.25, 0.3) is 17.8 Å². The van der Waals surface area contributed by atoms with Crippen LogP contribution in [0.4, 0.5) is 0 Å². The van der Waals surface area contributed by atoms with Crippen LogP contribution in [0, 0.1) is 0 Å². The van der Waals surface area contributed by atoms with Crippen LogP contribution in [0.3, 0.4) is 0 Å². The fourth-order valence-electron chi connectivity index (χ4n) is 0.765. The van der Waals surface area contributed by atoms with Crippen molar-refractivity contribution >= 4 is 17.8 Å². The number of hydrogen-bond donors (Lipinski definition) is 3. The van der Waals surface area contributed by atoms with Crippen molar-refractivity contribution in [3.63, 3.8) is 0 Å². The van der Waals surface area contributed by atoms with Gasteiger partial charge in [0.1, 0.15) is 0 Å². The zero-order valence-electron chi connectivity index (χ0n) is 7.90. The van der Waals surface area contributed by atoms with Crippen LogP contribution in [0.2, 0.25) is 0 Å². The smallest absolute Gasteiger partial charge is 0.300 e. The second-order valence-corrected chi connectivity index (χ2v) is 2.73. The fraction of sp³-hybridized carbons (Fsp3) is 0.375. The van der Waals surface area contributed by atoms with Crippen LogP contribution in [0.25, 0.3) is 0 Å². The Labute approximate surface area is 80.8 Å². The van der Waals surface area contributed by atoms with Crippen LogP contribution < -0.4 is 11.1 Å². The summed E-state index contributed by atoms with van der Waals surface area (Å²) in [7, 11) is 0.